The smallest absolute Gasteiger partial charge is 0.258 e. The van der Waals surface area contributed by atoms with Crippen molar-refractivity contribution in [3.63, 3.8) is 0 Å². The standard InChI is InChI=1S/C7H9ClN2O4S2/c1-2-3-9-16(13,14)6-4-5(10(11)12)7(8)15-6/h4,9H,2-3H2,1H3. The van der Waals surface area contributed by atoms with Crippen molar-refractivity contribution in [3.8, 4) is 0 Å². The lowest BCUT2D eigenvalue weighted by Gasteiger charge is -2.00. The van der Waals surface area contributed by atoms with Gasteiger partial charge < -0.3 is 0 Å². The number of hydrogen-bond donors (Lipinski definition) is 1. The number of rotatable bonds is 5. The summed E-state index contributed by atoms with van der Waals surface area (Å²) in [6.45, 7) is 2.10. The quantitative estimate of drug-likeness (QED) is 0.661. The van der Waals surface area contributed by atoms with Crippen molar-refractivity contribution < 1.29 is 13.3 Å². The van der Waals surface area contributed by atoms with Crippen LogP contribution in [0.4, 0.5) is 5.69 Å². The molecule has 0 unspecified atom stereocenters. The van der Waals surface area contributed by atoms with E-state index in [1.807, 2.05) is 6.92 Å². The van der Waals surface area contributed by atoms with Crippen molar-refractivity contribution in [1.29, 1.82) is 0 Å². The van der Waals surface area contributed by atoms with Crippen LogP contribution in [0.1, 0.15) is 13.3 Å². The average Bonchev–Trinajstić information content (AvgIpc) is 2.58. The zero-order valence-electron chi connectivity index (χ0n) is 8.27. The third kappa shape index (κ3) is 2.91. The van der Waals surface area contributed by atoms with E-state index in [0.29, 0.717) is 17.8 Å². The van der Waals surface area contributed by atoms with Gasteiger partial charge in [0.05, 0.1) is 4.92 Å². The molecule has 1 heterocycles. The molecular formula is C7H9ClN2O4S2. The molecule has 0 amide bonds. The van der Waals surface area contributed by atoms with Crippen LogP contribution < -0.4 is 4.72 Å². The molecule has 0 aliphatic heterocycles. The van der Waals surface area contributed by atoms with Crippen molar-refractivity contribution in [1.82, 2.24) is 4.72 Å². The summed E-state index contributed by atoms with van der Waals surface area (Å²) >= 11 is 6.24. The van der Waals surface area contributed by atoms with Crippen LogP contribution in [0.3, 0.4) is 0 Å². The van der Waals surface area contributed by atoms with Crippen molar-refractivity contribution in [2.24, 2.45) is 0 Å². The molecule has 0 spiro atoms. The van der Waals surface area contributed by atoms with Gasteiger partial charge in [0, 0.05) is 12.6 Å². The maximum atomic E-state index is 11.6. The molecule has 0 saturated carbocycles. The molecule has 1 aromatic rings. The monoisotopic (exact) mass is 284 g/mol. The van der Waals surface area contributed by atoms with E-state index in [4.69, 9.17) is 11.6 Å². The van der Waals surface area contributed by atoms with E-state index in [2.05, 4.69) is 4.72 Å². The number of sulfonamides is 1. The zero-order chi connectivity index (χ0) is 12.3. The van der Waals surface area contributed by atoms with E-state index in [1.165, 1.54) is 0 Å². The second-order valence-electron chi connectivity index (χ2n) is 2.88. The number of nitrogens with zero attached hydrogens (tertiary/aromatic N) is 1. The third-order valence-electron chi connectivity index (χ3n) is 1.65. The summed E-state index contributed by atoms with van der Waals surface area (Å²) in [4.78, 5) is 9.78. The lowest BCUT2D eigenvalue weighted by atomic mass is 10.5. The number of halogens is 1. The summed E-state index contributed by atoms with van der Waals surface area (Å²) in [6, 6.07) is 0.963. The molecule has 0 fully saturated rings. The summed E-state index contributed by atoms with van der Waals surface area (Å²) in [5.41, 5.74) is -0.386. The van der Waals surface area contributed by atoms with Gasteiger partial charge >= 0.3 is 0 Å². The second-order valence-corrected chi connectivity index (χ2v) is 6.53. The second kappa shape index (κ2) is 5.09. The Bertz CT molecular complexity index is 496. The molecule has 0 aromatic carbocycles. The van der Waals surface area contributed by atoms with Gasteiger partial charge in [-0.3, -0.25) is 10.1 Å². The van der Waals surface area contributed by atoms with Crippen molar-refractivity contribution in [2.45, 2.75) is 17.6 Å². The molecule has 0 saturated heterocycles. The molecule has 0 bridgehead atoms. The Morgan fingerprint density at radius 3 is 2.69 bits per heavy atom. The molecule has 1 rings (SSSR count). The van der Waals surface area contributed by atoms with Crippen molar-refractivity contribution in [2.75, 3.05) is 6.54 Å². The molecule has 0 atom stereocenters. The van der Waals surface area contributed by atoms with Gasteiger partial charge in [-0.1, -0.05) is 18.5 Å². The molecule has 90 valence electrons. The Balaban J connectivity index is 3.06. The van der Waals surface area contributed by atoms with Gasteiger partial charge in [0.2, 0.25) is 10.0 Å². The highest BCUT2D eigenvalue weighted by Crippen LogP contribution is 2.35. The molecule has 16 heavy (non-hydrogen) atoms. The summed E-state index contributed by atoms with van der Waals surface area (Å²) in [7, 11) is -3.68. The number of nitrogens with one attached hydrogen (secondary N) is 1. The highest BCUT2D eigenvalue weighted by atomic mass is 35.5. The predicted octanol–water partition coefficient (Wildman–Crippen LogP) is 2.00. The van der Waals surface area contributed by atoms with Crippen LogP contribution in [0.25, 0.3) is 0 Å². The zero-order valence-corrected chi connectivity index (χ0v) is 10.7. The van der Waals surface area contributed by atoms with Gasteiger partial charge in [0.15, 0.2) is 4.34 Å². The van der Waals surface area contributed by atoms with E-state index in [0.717, 1.165) is 6.07 Å². The summed E-state index contributed by atoms with van der Waals surface area (Å²) in [5.74, 6) is 0. The minimum atomic E-state index is -3.68. The molecule has 1 N–H and O–H groups in total. The van der Waals surface area contributed by atoms with Crippen LogP contribution in [0, 0.1) is 10.1 Å². The molecule has 0 radical (unpaired) electrons. The van der Waals surface area contributed by atoms with E-state index in [-0.39, 0.29) is 20.8 Å². The fourth-order valence-corrected chi connectivity index (χ4v) is 3.75. The minimum Gasteiger partial charge on any atom is -0.258 e. The van der Waals surface area contributed by atoms with Gasteiger partial charge in [-0.2, -0.15) is 0 Å². The fraction of sp³-hybridized carbons (Fsp3) is 0.429. The van der Waals surface area contributed by atoms with E-state index < -0.39 is 14.9 Å². The van der Waals surface area contributed by atoms with Gasteiger partial charge in [-0.15, -0.1) is 11.3 Å². The van der Waals surface area contributed by atoms with Crippen LogP contribution in [0.5, 0.6) is 0 Å². The van der Waals surface area contributed by atoms with Crippen molar-refractivity contribution >= 4 is 38.6 Å². The van der Waals surface area contributed by atoms with Crippen LogP contribution >= 0.6 is 22.9 Å². The first-order valence-electron chi connectivity index (χ1n) is 4.32. The fourth-order valence-electron chi connectivity index (χ4n) is 0.903. The van der Waals surface area contributed by atoms with Crippen LogP contribution in [0.15, 0.2) is 10.3 Å². The number of thiophene rings is 1. The summed E-state index contributed by atoms with van der Waals surface area (Å²) in [5, 5.41) is 10.5. The Hall–Kier alpha value is -0.700. The van der Waals surface area contributed by atoms with Gasteiger partial charge in [0.25, 0.3) is 5.69 Å². The van der Waals surface area contributed by atoms with Crippen LogP contribution in [-0.4, -0.2) is 19.9 Å². The lowest BCUT2D eigenvalue weighted by molar-refractivity contribution is -0.384. The van der Waals surface area contributed by atoms with E-state index >= 15 is 0 Å². The number of hydrogen-bond acceptors (Lipinski definition) is 5. The molecular weight excluding hydrogens is 276 g/mol. The highest BCUT2D eigenvalue weighted by molar-refractivity contribution is 7.91. The van der Waals surface area contributed by atoms with E-state index in [1.54, 1.807) is 0 Å². The minimum absolute atomic E-state index is 0.137. The van der Waals surface area contributed by atoms with Crippen LogP contribution in [0.2, 0.25) is 4.34 Å². The summed E-state index contributed by atoms with van der Waals surface area (Å²) in [6.07, 6.45) is 0.639. The highest BCUT2D eigenvalue weighted by Gasteiger charge is 2.24. The maximum Gasteiger partial charge on any atom is 0.300 e. The Morgan fingerprint density at radius 1 is 1.62 bits per heavy atom. The van der Waals surface area contributed by atoms with Crippen LogP contribution in [-0.2, 0) is 10.0 Å². The normalized spacial score (nSPS) is 11.6. The molecule has 6 nitrogen and oxygen atoms in total. The molecule has 0 aliphatic rings. The topological polar surface area (TPSA) is 89.3 Å². The first-order valence-corrected chi connectivity index (χ1v) is 6.99. The van der Waals surface area contributed by atoms with Crippen molar-refractivity contribution in [3.05, 3.63) is 20.5 Å². The first-order chi connectivity index (χ1) is 7.38. The average molecular weight is 285 g/mol. The molecule has 9 heteroatoms. The SMILES string of the molecule is CCCNS(=O)(=O)c1cc([N+](=O)[O-])c(Cl)s1. The Morgan fingerprint density at radius 2 is 2.25 bits per heavy atom. The summed E-state index contributed by atoms with van der Waals surface area (Å²) < 4.78 is 25.2. The first kappa shape index (κ1) is 13.4. The molecule has 0 aliphatic carbocycles. The Labute approximate surface area is 101 Å². The van der Waals surface area contributed by atoms with Gasteiger partial charge in [0.1, 0.15) is 4.21 Å². The number of nitro groups is 1. The predicted molar refractivity (Wildman–Crippen MR) is 61.5 cm³/mol. The lowest BCUT2D eigenvalue weighted by Crippen LogP contribution is -2.23. The third-order valence-corrected chi connectivity index (χ3v) is 4.92. The molecule has 1 aromatic heterocycles. The van der Waals surface area contributed by atoms with Gasteiger partial charge in [-0.25, -0.2) is 13.1 Å². The largest absolute Gasteiger partial charge is 0.300 e. The van der Waals surface area contributed by atoms with Gasteiger partial charge in [-0.05, 0) is 6.42 Å². The Kier molecular flexibility index (Phi) is 4.25. The maximum absolute atomic E-state index is 11.6. The van der Waals surface area contributed by atoms with E-state index in [9.17, 15) is 18.5 Å².